The average Bonchev–Trinajstić information content (AvgIpc) is 2.86. The summed E-state index contributed by atoms with van der Waals surface area (Å²) in [6.45, 7) is 15.8. The molecule has 4 rings (SSSR count). The van der Waals surface area contributed by atoms with Gasteiger partial charge in [-0.1, -0.05) is 62.4 Å². The van der Waals surface area contributed by atoms with E-state index in [1.165, 1.54) is 0 Å². The number of hydrogen-bond acceptors (Lipinski definition) is 4. The summed E-state index contributed by atoms with van der Waals surface area (Å²) in [5.41, 5.74) is 10.4. The molecule has 0 aliphatic heterocycles. The zero-order chi connectivity index (χ0) is 28.8. The van der Waals surface area contributed by atoms with Crippen molar-refractivity contribution >= 4 is 0 Å². The molecule has 0 bridgehead atoms. The molecule has 39 heavy (non-hydrogen) atoms. The van der Waals surface area contributed by atoms with Gasteiger partial charge in [0.2, 0.25) is 0 Å². The highest BCUT2D eigenvalue weighted by atomic mass is 16.3. The first-order valence-corrected chi connectivity index (χ1v) is 13.4. The molecule has 4 aromatic carbocycles. The van der Waals surface area contributed by atoms with Gasteiger partial charge in [0.15, 0.2) is 0 Å². The Labute approximate surface area is 232 Å². The highest BCUT2D eigenvalue weighted by Crippen LogP contribution is 2.40. The van der Waals surface area contributed by atoms with E-state index in [0.717, 1.165) is 66.8 Å². The van der Waals surface area contributed by atoms with Crippen molar-refractivity contribution in [1.29, 1.82) is 0 Å². The van der Waals surface area contributed by atoms with Crippen molar-refractivity contribution in [1.82, 2.24) is 0 Å². The maximum atomic E-state index is 11.0. The van der Waals surface area contributed by atoms with Crippen LogP contribution in [0.3, 0.4) is 0 Å². The first kappa shape index (κ1) is 28.1. The fraction of sp³-hybridized carbons (Fsp3) is 0.314. The van der Waals surface area contributed by atoms with Crippen molar-refractivity contribution < 1.29 is 20.4 Å². The second-order valence-electron chi connectivity index (χ2n) is 11.7. The minimum absolute atomic E-state index is 0.290. The highest BCUT2D eigenvalue weighted by molar-refractivity contribution is 5.54. The molecule has 0 unspecified atom stereocenters. The Kier molecular flexibility index (Phi) is 7.44. The number of benzene rings is 4. The number of phenolic OH excluding ortho intramolecular Hbond substituents is 4. The average molecular weight is 525 g/mol. The van der Waals surface area contributed by atoms with Crippen LogP contribution in [0.1, 0.15) is 80.6 Å². The Hall–Kier alpha value is -3.92. The number of hydrogen-bond donors (Lipinski definition) is 4. The monoisotopic (exact) mass is 524 g/mol. The van der Waals surface area contributed by atoms with Gasteiger partial charge in [-0.2, -0.15) is 0 Å². The predicted molar refractivity (Wildman–Crippen MR) is 159 cm³/mol. The normalized spacial score (nSPS) is 11.7. The van der Waals surface area contributed by atoms with E-state index in [4.69, 9.17) is 0 Å². The summed E-state index contributed by atoms with van der Waals surface area (Å²) in [6.07, 6.45) is 1.11. The van der Waals surface area contributed by atoms with E-state index in [1.54, 1.807) is 0 Å². The third-order valence-electron chi connectivity index (χ3n) is 8.09. The molecule has 4 N–H and O–H groups in total. The van der Waals surface area contributed by atoms with Crippen LogP contribution in [-0.4, -0.2) is 20.4 Å². The molecular formula is C35H40O4. The maximum Gasteiger partial charge on any atom is 0.122 e. The third kappa shape index (κ3) is 5.47. The first-order chi connectivity index (χ1) is 18.2. The van der Waals surface area contributed by atoms with Gasteiger partial charge in [0.05, 0.1) is 0 Å². The van der Waals surface area contributed by atoms with Crippen LogP contribution in [0.15, 0.2) is 48.5 Å². The molecule has 0 atom stereocenters. The van der Waals surface area contributed by atoms with E-state index in [9.17, 15) is 20.4 Å². The molecule has 204 valence electrons. The SMILES string of the molecule is Cc1cc(Cc2cc(C(C)(C)c3cc(C)c(O)c(Cc4cc(C)c(O)c(C)c4)c3)cc(C)c2O)cc(C)c1O. The van der Waals surface area contributed by atoms with Gasteiger partial charge < -0.3 is 20.4 Å². The quantitative estimate of drug-likeness (QED) is 0.207. The van der Waals surface area contributed by atoms with Crippen molar-refractivity contribution in [3.05, 3.63) is 115 Å². The number of aromatic hydroxyl groups is 4. The summed E-state index contributed by atoms with van der Waals surface area (Å²) < 4.78 is 0. The molecule has 4 aromatic rings. The zero-order valence-corrected chi connectivity index (χ0v) is 24.3. The van der Waals surface area contributed by atoms with Crippen LogP contribution in [0.4, 0.5) is 0 Å². The third-order valence-corrected chi connectivity index (χ3v) is 8.09. The fourth-order valence-electron chi connectivity index (χ4n) is 5.60. The van der Waals surface area contributed by atoms with Crippen molar-refractivity contribution in [2.24, 2.45) is 0 Å². The number of aryl methyl sites for hydroxylation is 6. The molecule has 4 nitrogen and oxygen atoms in total. The lowest BCUT2D eigenvalue weighted by molar-refractivity contribution is 0.463. The summed E-state index contributed by atoms with van der Waals surface area (Å²) >= 11 is 0. The lowest BCUT2D eigenvalue weighted by Crippen LogP contribution is -2.20. The number of phenols is 4. The summed E-state index contributed by atoms with van der Waals surface area (Å²) in [6, 6.07) is 16.1. The molecular weight excluding hydrogens is 484 g/mol. The van der Waals surface area contributed by atoms with Gasteiger partial charge in [-0.05, 0) is 108 Å². The minimum atomic E-state index is -0.401. The molecule has 0 amide bonds. The maximum absolute atomic E-state index is 11.0. The molecule has 4 heteroatoms. The Morgan fingerprint density at radius 2 is 0.718 bits per heavy atom. The van der Waals surface area contributed by atoms with E-state index < -0.39 is 5.41 Å². The Morgan fingerprint density at radius 1 is 0.436 bits per heavy atom. The van der Waals surface area contributed by atoms with Gasteiger partial charge in [0, 0.05) is 18.3 Å². The van der Waals surface area contributed by atoms with Crippen LogP contribution in [0.2, 0.25) is 0 Å². The van der Waals surface area contributed by atoms with E-state index >= 15 is 0 Å². The molecule has 0 aliphatic rings. The van der Waals surface area contributed by atoms with Gasteiger partial charge in [-0.25, -0.2) is 0 Å². The molecule has 0 saturated carbocycles. The largest absolute Gasteiger partial charge is 0.507 e. The Balaban J connectivity index is 1.75. The van der Waals surface area contributed by atoms with Crippen LogP contribution in [0.5, 0.6) is 23.0 Å². The highest BCUT2D eigenvalue weighted by Gasteiger charge is 2.27. The fourth-order valence-corrected chi connectivity index (χ4v) is 5.60. The van der Waals surface area contributed by atoms with E-state index in [0.29, 0.717) is 35.8 Å². The molecule has 0 fully saturated rings. The molecule has 0 aliphatic carbocycles. The Morgan fingerprint density at radius 3 is 1.03 bits per heavy atom. The molecule has 0 heterocycles. The molecule has 0 radical (unpaired) electrons. The lowest BCUT2D eigenvalue weighted by Gasteiger charge is -2.29. The van der Waals surface area contributed by atoms with Gasteiger partial charge in [0.1, 0.15) is 23.0 Å². The summed E-state index contributed by atoms with van der Waals surface area (Å²) in [7, 11) is 0. The second kappa shape index (κ2) is 10.3. The zero-order valence-electron chi connectivity index (χ0n) is 24.3. The molecule has 0 saturated heterocycles. The van der Waals surface area contributed by atoms with Crippen LogP contribution in [0, 0.1) is 41.5 Å². The van der Waals surface area contributed by atoms with E-state index in [2.05, 4.69) is 26.0 Å². The predicted octanol–water partition coefficient (Wildman–Crippen LogP) is 7.87. The standard InChI is InChI=1S/C35H40O4/c1-19-9-25(10-20(2)31(19)36)15-27-17-29(13-23(5)33(27)38)35(7,8)30-14-24(6)34(39)28(18-30)16-26-11-21(3)32(37)22(4)12-26/h9-14,17-18,36-39H,15-16H2,1-8H3. The van der Waals surface area contributed by atoms with E-state index in [-0.39, 0.29) is 0 Å². The first-order valence-electron chi connectivity index (χ1n) is 13.4. The number of rotatable bonds is 6. The van der Waals surface area contributed by atoms with Crippen LogP contribution < -0.4 is 0 Å². The van der Waals surface area contributed by atoms with Crippen LogP contribution in [-0.2, 0) is 18.3 Å². The van der Waals surface area contributed by atoms with Crippen molar-refractivity contribution in [2.75, 3.05) is 0 Å². The van der Waals surface area contributed by atoms with Crippen LogP contribution in [0.25, 0.3) is 0 Å². The van der Waals surface area contributed by atoms with Gasteiger partial charge >= 0.3 is 0 Å². The van der Waals surface area contributed by atoms with Crippen LogP contribution >= 0.6 is 0 Å². The van der Waals surface area contributed by atoms with Crippen molar-refractivity contribution in [3.8, 4) is 23.0 Å². The summed E-state index contributed by atoms with van der Waals surface area (Å²) in [4.78, 5) is 0. The van der Waals surface area contributed by atoms with Crippen molar-refractivity contribution in [2.45, 2.75) is 73.6 Å². The van der Waals surface area contributed by atoms with Gasteiger partial charge in [-0.3, -0.25) is 0 Å². The molecule has 0 aromatic heterocycles. The lowest BCUT2D eigenvalue weighted by atomic mass is 9.75. The van der Waals surface area contributed by atoms with Crippen molar-refractivity contribution in [3.63, 3.8) is 0 Å². The summed E-state index contributed by atoms with van der Waals surface area (Å²) in [5, 5.41) is 42.3. The minimum Gasteiger partial charge on any atom is -0.507 e. The van der Waals surface area contributed by atoms with E-state index in [1.807, 2.05) is 77.9 Å². The topological polar surface area (TPSA) is 80.9 Å². The summed E-state index contributed by atoms with van der Waals surface area (Å²) in [5.74, 6) is 1.20. The Bertz CT molecular complexity index is 1410. The second-order valence-corrected chi connectivity index (χ2v) is 11.7. The molecule has 0 spiro atoms. The smallest absolute Gasteiger partial charge is 0.122 e. The van der Waals surface area contributed by atoms with Gasteiger partial charge in [0.25, 0.3) is 0 Å². The van der Waals surface area contributed by atoms with Gasteiger partial charge in [-0.15, -0.1) is 0 Å².